The van der Waals surface area contributed by atoms with Crippen molar-refractivity contribution in [3.63, 3.8) is 0 Å². The molecule has 0 aliphatic rings. The van der Waals surface area contributed by atoms with Crippen molar-refractivity contribution in [2.24, 2.45) is 0 Å². The molecule has 0 aliphatic carbocycles. The molecule has 0 aromatic heterocycles. The van der Waals surface area contributed by atoms with Crippen LogP contribution >= 0.6 is 0 Å². The average molecular weight is 266 g/mol. The summed E-state index contributed by atoms with van der Waals surface area (Å²) in [5, 5.41) is 12.5. The van der Waals surface area contributed by atoms with E-state index >= 15 is 0 Å². The molecule has 0 aliphatic heterocycles. The van der Waals surface area contributed by atoms with Crippen LogP contribution in [0.2, 0.25) is 0 Å². The minimum atomic E-state index is 0.616. The number of aryl methyl sites for hydroxylation is 1. The van der Waals surface area contributed by atoms with E-state index < -0.39 is 0 Å². The molecule has 1 N–H and O–H groups in total. The summed E-state index contributed by atoms with van der Waals surface area (Å²) in [5.41, 5.74) is 4.90. The number of nitriles is 1. The Morgan fingerprint density at radius 2 is 1.80 bits per heavy atom. The summed E-state index contributed by atoms with van der Waals surface area (Å²) >= 11 is 0. The van der Waals surface area contributed by atoms with Crippen molar-refractivity contribution in [1.82, 2.24) is 0 Å². The number of ether oxygens (including phenoxy) is 1. The van der Waals surface area contributed by atoms with E-state index in [1.807, 2.05) is 18.2 Å². The Morgan fingerprint density at radius 1 is 1.10 bits per heavy atom. The van der Waals surface area contributed by atoms with Crippen LogP contribution in [0.5, 0.6) is 0 Å². The smallest absolute Gasteiger partial charge is 0.101 e. The largest absolute Gasteiger partial charge is 0.383 e. The van der Waals surface area contributed by atoms with Gasteiger partial charge in [0.15, 0.2) is 0 Å². The lowest BCUT2D eigenvalue weighted by molar-refractivity contribution is 0.211. The molecular weight excluding hydrogens is 248 g/mol. The molecule has 2 aromatic carbocycles. The fourth-order valence-corrected chi connectivity index (χ4v) is 2.00. The minimum Gasteiger partial charge on any atom is -0.383 e. The molecule has 0 saturated carbocycles. The third kappa shape index (κ3) is 3.37. The van der Waals surface area contributed by atoms with Gasteiger partial charge in [-0.15, -0.1) is 0 Å². The van der Waals surface area contributed by atoms with E-state index in [0.29, 0.717) is 18.7 Å². The maximum absolute atomic E-state index is 9.27. The van der Waals surface area contributed by atoms with E-state index in [0.717, 1.165) is 16.8 Å². The quantitative estimate of drug-likeness (QED) is 0.841. The molecule has 3 heteroatoms. The van der Waals surface area contributed by atoms with E-state index in [2.05, 4.69) is 42.6 Å². The molecule has 20 heavy (non-hydrogen) atoms. The number of hydrogen-bond acceptors (Lipinski definition) is 3. The lowest BCUT2D eigenvalue weighted by Crippen LogP contribution is -2.08. The summed E-state index contributed by atoms with van der Waals surface area (Å²) in [6.45, 7) is 3.37. The Morgan fingerprint density at radius 3 is 2.45 bits per heavy atom. The summed E-state index contributed by atoms with van der Waals surface area (Å²) in [6.07, 6.45) is 0. The molecule has 0 radical (unpaired) electrons. The van der Waals surface area contributed by atoms with Gasteiger partial charge in [0, 0.05) is 13.7 Å². The fourth-order valence-electron chi connectivity index (χ4n) is 2.00. The second-order valence-electron chi connectivity index (χ2n) is 4.66. The number of methoxy groups -OCH3 is 1. The van der Waals surface area contributed by atoms with Gasteiger partial charge in [-0.05, 0) is 30.2 Å². The van der Waals surface area contributed by atoms with E-state index in [-0.39, 0.29) is 0 Å². The number of hydrogen-bond donors (Lipinski definition) is 1. The first-order chi connectivity index (χ1) is 9.74. The molecule has 0 unspecified atom stereocenters. The minimum absolute atomic E-state index is 0.616. The monoisotopic (exact) mass is 266 g/mol. The number of nitrogens with one attached hydrogen (secondary N) is 1. The first kappa shape index (κ1) is 14.1. The highest BCUT2D eigenvalue weighted by molar-refractivity contribution is 5.71. The second-order valence-corrected chi connectivity index (χ2v) is 4.66. The molecular formula is C17H18N2O. The molecule has 2 rings (SSSR count). The highest BCUT2D eigenvalue weighted by Gasteiger charge is 2.04. The van der Waals surface area contributed by atoms with Crippen LogP contribution in [0.4, 0.5) is 5.69 Å². The van der Waals surface area contributed by atoms with Crippen LogP contribution in [0.25, 0.3) is 11.1 Å². The predicted octanol–water partition coefficient (Wildman–Crippen LogP) is 3.59. The summed E-state index contributed by atoms with van der Waals surface area (Å²) in [4.78, 5) is 0. The molecule has 0 spiro atoms. The summed E-state index contributed by atoms with van der Waals surface area (Å²) in [7, 11) is 1.66. The van der Waals surface area contributed by atoms with Crippen LogP contribution in [0.1, 0.15) is 11.1 Å². The third-order valence-corrected chi connectivity index (χ3v) is 3.15. The molecule has 0 fully saturated rings. The van der Waals surface area contributed by atoms with Gasteiger partial charge in [-0.25, -0.2) is 0 Å². The normalized spacial score (nSPS) is 10.1. The van der Waals surface area contributed by atoms with Gasteiger partial charge in [0.1, 0.15) is 6.07 Å². The van der Waals surface area contributed by atoms with Crippen molar-refractivity contribution in [3.8, 4) is 17.2 Å². The van der Waals surface area contributed by atoms with Crippen LogP contribution in [0, 0.1) is 18.3 Å². The zero-order chi connectivity index (χ0) is 14.4. The number of benzene rings is 2. The standard InChI is InChI=1S/C17H18N2O/c1-13-3-5-14(6-4-13)15-7-8-17(16(11-15)12-18)19-9-10-20-2/h3-8,11,19H,9-10H2,1-2H3. The highest BCUT2D eigenvalue weighted by Crippen LogP contribution is 2.25. The predicted molar refractivity (Wildman–Crippen MR) is 81.7 cm³/mol. The third-order valence-electron chi connectivity index (χ3n) is 3.15. The van der Waals surface area contributed by atoms with Gasteiger partial charge in [0.2, 0.25) is 0 Å². The first-order valence-corrected chi connectivity index (χ1v) is 6.58. The molecule has 0 bridgehead atoms. The van der Waals surface area contributed by atoms with Crippen molar-refractivity contribution in [2.45, 2.75) is 6.92 Å². The van der Waals surface area contributed by atoms with Gasteiger partial charge in [-0.1, -0.05) is 35.9 Å². The van der Waals surface area contributed by atoms with Crippen molar-refractivity contribution in [3.05, 3.63) is 53.6 Å². The first-order valence-electron chi connectivity index (χ1n) is 6.58. The fraction of sp³-hybridized carbons (Fsp3) is 0.235. The molecule has 0 saturated heterocycles. The Balaban J connectivity index is 2.25. The molecule has 3 nitrogen and oxygen atoms in total. The summed E-state index contributed by atoms with van der Waals surface area (Å²) < 4.78 is 5.00. The Kier molecular flexibility index (Phi) is 4.75. The van der Waals surface area contributed by atoms with Gasteiger partial charge in [0.05, 0.1) is 17.9 Å². The molecule has 2 aromatic rings. The maximum Gasteiger partial charge on any atom is 0.101 e. The summed E-state index contributed by atoms with van der Waals surface area (Å²) in [6, 6.07) is 16.4. The second kappa shape index (κ2) is 6.74. The SMILES string of the molecule is COCCNc1ccc(-c2ccc(C)cc2)cc1C#N. The Hall–Kier alpha value is -2.31. The molecule has 0 amide bonds. The van der Waals surface area contributed by atoms with Crippen LogP contribution in [-0.4, -0.2) is 20.3 Å². The Bertz CT molecular complexity index is 612. The lowest BCUT2D eigenvalue weighted by Gasteiger charge is -2.10. The van der Waals surface area contributed by atoms with E-state index in [9.17, 15) is 5.26 Å². The van der Waals surface area contributed by atoms with Gasteiger partial charge in [-0.2, -0.15) is 5.26 Å². The van der Waals surface area contributed by atoms with Crippen LogP contribution < -0.4 is 5.32 Å². The van der Waals surface area contributed by atoms with Crippen molar-refractivity contribution in [1.29, 1.82) is 5.26 Å². The lowest BCUT2D eigenvalue weighted by atomic mass is 10.0. The van der Waals surface area contributed by atoms with Crippen molar-refractivity contribution < 1.29 is 4.74 Å². The molecule has 102 valence electrons. The van der Waals surface area contributed by atoms with Crippen LogP contribution in [-0.2, 0) is 4.74 Å². The van der Waals surface area contributed by atoms with E-state index in [1.165, 1.54) is 5.56 Å². The number of nitrogens with zero attached hydrogens (tertiary/aromatic N) is 1. The average Bonchev–Trinajstić information content (AvgIpc) is 2.48. The topological polar surface area (TPSA) is 45.0 Å². The zero-order valence-corrected chi connectivity index (χ0v) is 11.8. The maximum atomic E-state index is 9.27. The van der Waals surface area contributed by atoms with E-state index in [4.69, 9.17) is 4.74 Å². The van der Waals surface area contributed by atoms with Gasteiger partial charge >= 0.3 is 0 Å². The molecule has 0 atom stereocenters. The highest BCUT2D eigenvalue weighted by atomic mass is 16.5. The number of anilines is 1. The van der Waals surface area contributed by atoms with Crippen LogP contribution in [0.3, 0.4) is 0 Å². The zero-order valence-electron chi connectivity index (χ0n) is 11.8. The molecule has 0 heterocycles. The van der Waals surface area contributed by atoms with Gasteiger partial charge < -0.3 is 10.1 Å². The van der Waals surface area contributed by atoms with Crippen molar-refractivity contribution in [2.75, 3.05) is 25.6 Å². The van der Waals surface area contributed by atoms with Crippen LogP contribution in [0.15, 0.2) is 42.5 Å². The van der Waals surface area contributed by atoms with Gasteiger partial charge in [-0.3, -0.25) is 0 Å². The van der Waals surface area contributed by atoms with E-state index in [1.54, 1.807) is 7.11 Å². The Labute approximate surface area is 119 Å². The van der Waals surface area contributed by atoms with Gasteiger partial charge in [0.25, 0.3) is 0 Å². The van der Waals surface area contributed by atoms with Crippen molar-refractivity contribution >= 4 is 5.69 Å². The summed E-state index contributed by atoms with van der Waals surface area (Å²) in [5.74, 6) is 0. The number of rotatable bonds is 5.